The van der Waals surface area contributed by atoms with Gasteiger partial charge in [-0.15, -0.1) is 0 Å². The zero-order valence-electron chi connectivity index (χ0n) is 12.1. The Kier molecular flexibility index (Phi) is 366. The first-order valence-electron chi connectivity index (χ1n) is 0.781. The first-order chi connectivity index (χ1) is 1.73. The third-order valence-electron chi connectivity index (χ3n) is 0. The molecule has 4 N–H and O–H groups in total. The average molecular weight is 290 g/mol. The number of carbonyl (C=O) groups excluding carboxylic acids is 1. The van der Waals surface area contributed by atoms with E-state index in [0.717, 1.165) is 0 Å². The Morgan fingerprint density at radius 1 is 0.500 bits per heavy atom. The van der Waals surface area contributed by atoms with Crippen molar-refractivity contribution in [2.45, 2.75) is 0 Å². The minimum Gasteiger partial charge on any atom is -0.352 e. The van der Waals surface area contributed by atoms with Gasteiger partial charge in [-0.2, -0.15) is 0 Å². The summed E-state index contributed by atoms with van der Waals surface area (Å²) in [6, 6.07) is -0.833. The SMILES string of the molecule is NC(N)=O.[Na].[Na].[Na].[Na].[Na].[Na].[Na].[Na].[Na].[Na]. The minimum atomic E-state index is -0.833. The van der Waals surface area contributed by atoms with Crippen LogP contribution in [0.4, 0.5) is 4.79 Å². The third kappa shape index (κ3) is 102. The summed E-state index contributed by atoms with van der Waals surface area (Å²) < 4.78 is 0. The smallest absolute Gasteiger partial charge is 0.309 e. The van der Waals surface area contributed by atoms with Crippen molar-refractivity contribution in [3.8, 4) is 0 Å². The molecule has 0 atom stereocenters. The second-order valence-corrected chi connectivity index (χ2v) is 0.402. The van der Waals surface area contributed by atoms with Crippen LogP contribution in [0.25, 0.3) is 0 Å². The molecule has 0 bridgehead atoms. The van der Waals surface area contributed by atoms with E-state index < -0.39 is 6.03 Å². The number of nitrogens with two attached hydrogens (primary N) is 2. The van der Waals surface area contributed by atoms with Crippen LogP contribution in [-0.4, -0.2) is 302 Å². The second-order valence-electron chi connectivity index (χ2n) is 0.402. The summed E-state index contributed by atoms with van der Waals surface area (Å²) in [6.45, 7) is 0. The Bertz CT molecular complexity index is 41.1. The number of rotatable bonds is 0. The average Bonchev–Trinajstić information content (AvgIpc) is 0.811. The van der Waals surface area contributed by atoms with Crippen molar-refractivity contribution in [2.75, 3.05) is 0 Å². The fourth-order valence-electron chi connectivity index (χ4n) is 0. The van der Waals surface area contributed by atoms with E-state index in [2.05, 4.69) is 11.5 Å². The molecule has 14 heavy (non-hydrogen) atoms. The molecule has 0 unspecified atom stereocenters. The summed E-state index contributed by atoms with van der Waals surface area (Å²) in [5.41, 5.74) is 8.50. The summed E-state index contributed by atoms with van der Waals surface area (Å²) in [6.07, 6.45) is 0. The van der Waals surface area contributed by atoms with E-state index in [9.17, 15) is 0 Å². The normalized spacial score (nSPS) is 1.71. The van der Waals surface area contributed by atoms with E-state index in [1.165, 1.54) is 0 Å². The van der Waals surface area contributed by atoms with Crippen LogP contribution >= 0.6 is 0 Å². The molecule has 0 heterocycles. The summed E-state index contributed by atoms with van der Waals surface area (Å²) in [4.78, 5) is 9.00. The van der Waals surface area contributed by atoms with Crippen molar-refractivity contribution in [1.29, 1.82) is 0 Å². The monoisotopic (exact) mass is 290 g/mol. The summed E-state index contributed by atoms with van der Waals surface area (Å²) in [5, 5.41) is 0. The first kappa shape index (κ1) is 76.7. The fourth-order valence-corrected chi connectivity index (χ4v) is 0. The van der Waals surface area contributed by atoms with Gasteiger partial charge in [-0.3, -0.25) is 0 Å². The predicted octanol–water partition coefficient (Wildman–Crippen LogP) is -4.78. The molecule has 0 saturated carbocycles. The van der Waals surface area contributed by atoms with E-state index in [0.29, 0.717) is 0 Å². The predicted molar refractivity (Wildman–Crippen MR) is 71.3 cm³/mol. The van der Waals surface area contributed by atoms with Gasteiger partial charge in [0, 0.05) is 296 Å². The first-order valence-corrected chi connectivity index (χ1v) is 0.781. The van der Waals surface area contributed by atoms with Crippen LogP contribution in [0.5, 0.6) is 0 Å². The minimum absolute atomic E-state index is 0. The number of urea groups is 1. The Balaban J connectivity index is -0.000000001000. The molecule has 0 fully saturated rings. The van der Waals surface area contributed by atoms with Gasteiger partial charge >= 0.3 is 6.03 Å². The topological polar surface area (TPSA) is 69.1 Å². The van der Waals surface area contributed by atoms with Crippen molar-refractivity contribution in [2.24, 2.45) is 11.5 Å². The van der Waals surface area contributed by atoms with E-state index in [1.807, 2.05) is 0 Å². The van der Waals surface area contributed by atoms with Crippen LogP contribution in [0.1, 0.15) is 0 Å². The van der Waals surface area contributed by atoms with Crippen LogP contribution in [-0.2, 0) is 0 Å². The molecular weight excluding hydrogens is 286 g/mol. The van der Waals surface area contributed by atoms with Crippen LogP contribution in [0.15, 0.2) is 0 Å². The third-order valence-corrected chi connectivity index (χ3v) is 0. The molecule has 2 amide bonds. The molecule has 34 valence electrons. The van der Waals surface area contributed by atoms with Gasteiger partial charge in [-0.25, -0.2) is 4.79 Å². The standard InChI is InChI=1S/CH4N2O.10Na/c2-1(3)4;;;;;;;;;;/h(H4,2,3,4);;;;;;;;;;. The van der Waals surface area contributed by atoms with Crippen molar-refractivity contribution in [1.82, 2.24) is 0 Å². The molecule has 0 aromatic rings. The quantitative estimate of drug-likeness (QED) is 0.432. The van der Waals surface area contributed by atoms with Gasteiger partial charge < -0.3 is 11.5 Å². The maximum Gasteiger partial charge on any atom is 0.309 e. The maximum atomic E-state index is 9.00. The molecule has 0 aliphatic carbocycles. The van der Waals surface area contributed by atoms with Gasteiger partial charge in [0.05, 0.1) is 0 Å². The molecule has 10 radical (unpaired) electrons. The Hall–Kier alpha value is 9.27. The Morgan fingerprint density at radius 3 is 0.500 bits per heavy atom. The summed E-state index contributed by atoms with van der Waals surface area (Å²) in [7, 11) is 0. The van der Waals surface area contributed by atoms with Crippen molar-refractivity contribution in [3.63, 3.8) is 0 Å². The Labute approximate surface area is 308 Å². The molecule has 13 heteroatoms. The second kappa shape index (κ2) is 66.9. The number of carbonyl (C=O) groups is 1. The van der Waals surface area contributed by atoms with Crippen LogP contribution in [0.3, 0.4) is 0 Å². The zero-order chi connectivity index (χ0) is 3.58. The van der Waals surface area contributed by atoms with Crippen LogP contribution < -0.4 is 11.5 Å². The van der Waals surface area contributed by atoms with E-state index in [-0.39, 0.29) is 296 Å². The number of hydrogen-bond acceptors (Lipinski definition) is 1. The maximum absolute atomic E-state index is 9.00. The molecule has 0 aliphatic heterocycles. The van der Waals surface area contributed by atoms with Gasteiger partial charge in [-0.1, -0.05) is 0 Å². The largest absolute Gasteiger partial charge is 0.352 e. The number of amides is 2. The van der Waals surface area contributed by atoms with Crippen LogP contribution in [0, 0.1) is 0 Å². The van der Waals surface area contributed by atoms with Crippen molar-refractivity contribution < 1.29 is 4.79 Å². The fraction of sp³-hybridized carbons (Fsp3) is 0. The molecule has 0 aliphatic rings. The molecule has 0 spiro atoms. The van der Waals surface area contributed by atoms with E-state index in [4.69, 9.17) is 4.79 Å². The molecular formula is CH4N2Na10O. The van der Waals surface area contributed by atoms with Gasteiger partial charge in [0.1, 0.15) is 0 Å². The van der Waals surface area contributed by atoms with Crippen molar-refractivity contribution >= 4 is 302 Å². The van der Waals surface area contributed by atoms with E-state index in [1.54, 1.807) is 0 Å². The number of primary amides is 2. The van der Waals surface area contributed by atoms with Gasteiger partial charge in [0.15, 0.2) is 0 Å². The van der Waals surface area contributed by atoms with E-state index >= 15 is 0 Å². The van der Waals surface area contributed by atoms with Gasteiger partial charge in [0.25, 0.3) is 0 Å². The molecule has 0 rings (SSSR count). The molecule has 3 nitrogen and oxygen atoms in total. The number of hydrogen-bond donors (Lipinski definition) is 2. The van der Waals surface area contributed by atoms with Gasteiger partial charge in [-0.05, 0) is 0 Å². The van der Waals surface area contributed by atoms with Gasteiger partial charge in [0.2, 0.25) is 0 Å². The summed E-state index contributed by atoms with van der Waals surface area (Å²) >= 11 is 0. The van der Waals surface area contributed by atoms with Crippen LogP contribution in [0.2, 0.25) is 0 Å². The van der Waals surface area contributed by atoms with Crippen molar-refractivity contribution in [3.05, 3.63) is 0 Å². The Morgan fingerprint density at radius 2 is 0.500 bits per heavy atom. The molecule has 0 aromatic carbocycles. The summed E-state index contributed by atoms with van der Waals surface area (Å²) in [5.74, 6) is 0. The molecule has 0 aromatic heterocycles. The zero-order valence-corrected chi connectivity index (χ0v) is 32.1. The molecule has 0 saturated heterocycles.